The molecule has 116 valence electrons. The van der Waals surface area contributed by atoms with Gasteiger partial charge in [0.05, 0.1) is 25.8 Å². The molecule has 0 aromatic heterocycles. The number of aliphatic hydroxyl groups is 1. The van der Waals surface area contributed by atoms with E-state index >= 15 is 0 Å². The molecule has 1 aromatic carbocycles. The minimum absolute atomic E-state index is 0.0995. The molecule has 0 bridgehead atoms. The second-order valence-electron chi connectivity index (χ2n) is 5.47. The largest absolute Gasteiger partial charge is 0.496 e. The fourth-order valence-electron chi connectivity index (χ4n) is 2.63. The number of hydrogen-bond acceptors (Lipinski definition) is 5. The first-order valence-corrected chi connectivity index (χ1v) is 7.37. The number of benzene rings is 1. The number of piperazine rings is 1. The van der Waals surface area contributed by atoms with Crippen LogP contribution in [0.15, 0.2) is 18.2 Å². The first-order chi connectivity index (χ1) is 10.1. The van der Waals surface area contributed by atoms with Gasteiger partial charge in [-0.3, -0.25) is 14.6 Å². The highest BCUT2D eigenvalue weighted by Crippen LogP contribution is 2.21. The molecular weight excluding hydrogens is 268 g/mol. The van der Waals surface area contributed by atoms with Crippen molar-refractivity contribution in [1.82, 2.24) is 9.80 Å². The van der Waals surface area contributed by atoms with Crippen LogP contribution in [0.4, 0.5) is 0 Å². The highest BCUT2D eigenvalue weighted by Gasteiger charge is 2.20. The molecule has 1 fully saturated rings. The van der Waals surface area contributed by atoms with Gasteiger partial charge in [-0.25, -0.2) is 0 Å². The van der Waals surface area contributed by atoms with Crippen LogP contribution in [0.3, 0.4) is 0 Å². The number of rotatable bonds is 6. The standard InChI is InChI=1S/C16H24N2O3/c1-13-3-4-14(16(11-13)21-2)15(20)12-18-7-5-17(6-8-18)9-10-19/h3-4,11,19H,5-10,12H2,1-2H3. The summed E-state index contributed by atoms with van der Waals surface area (Å²) in [5.41, 5.74) is 1.74. The molecule has 0 spiro atoms. The van der Waals surface area contributed by atoms with Gasteiger partial charge >= 0.3 is 0 Å². The Labute approximate surface area is 126 Å². The van der Waals surface area contributed by atoms with Crippen molar-refractivity contribution in [1.29, 1.82) is 0 Å². The second-order valence-corrected chi connectivity index (χ2v) is 5.47. The summed E-state index contributed by atoms with van der Waals surface area (Å²) in [7, 11) is 1.60. The van der Waals surface area contributed by atoms with Crippen LogP contribution in [0.25, 0.3) is 0 Å². The summed E-state index contributed by atoms with van der Waals surface area (Å²) < 4.78 is 5.31. The smallest absolute Gasteiger partial charge is 0.180 e. The quantitative estimate of drug-likeness (QED) is 0.786. The van der Waals surface area contributed by atoms with E-state index in [0.29, 0.717) is 24.4 Å². The van der Waals surface area contributed by atoms with Gasteiger partial charge in [0.1, 0.15) is 5.75 Å². The summed E-state index contributed by atoms with van der Waals surface area (Å²) in [5, 5.41) is 8.94. The second kappa shape index (κ2) is 7.54. The van der Waals surface area contributed by atoms with E-state index in [9.17, 15) is 4.79 Å². The summed E-state index contributed by atoms with van der Waals surface area (Å²) in [5.74, 6) is 0.751. The Morgan fingerprint density at radius 1 is 1.24 bits per heavy atom. The summed E-state index contributed by atoms with van der Waals surface area (Å²) >= 11 is 0. The maximum Gasteiger partial charge on any atom is 0.180 e. The van der Waals surface area contributed by atoms with Gasteiger partial charge in [0, 0.05) is 32.7 Å². The Kier molecular flexibility index (Phi) is 5.73. The van der Waals surface area contributed by atoms with Gasteiger partial charge in [0.15, 0.2) is 5.78 Å². The number of aryl methyl sites for hydroxylation is 1. The molecule has 0 amide bonds. The average molecular weight is 292 g/mol. The van der Waals surface area contributed by atoms with Crippen molar-refractivity contribution in [3.8, 4) is 5.75 Å². The maximum absolute atomic E-state index is 12.4. The molecular formula is C16H24N2O3. The number of carbonyl (C=O) groups excluding carboxylic acids is 1. The molecule has 1 N–H and O–H groups in total. The zero-order valence-electron chi connectivity index (χ0n) is 12.8. The van der Waals surface area contributed by atoms with Crippen molar-refractivity contribution in [2.24, 2.45) is 0 Å². The number of hydrogen-bond donors (Lipinski definition) is 1. The molecule has 0 atom stereocenters. The molecule has 2 rings (SSSR count). The number of carbonyl (C=O) groups is 1. The van der Waals surface area contributed by atoms with Crippen LogP contribution < -0.4 is 4.74 Å². The molecule has 0 saturated carbocycles. The van der Waals surface area contributed by atoms with Crippen LogP contribution in [-0.2, 0) is 0 Å². The predicted molar refractivity (Wildman–Crippen MR) is 82.0 cm³/mol. The lowest BCUT2D eigenvalue weighted by Gasteiger charge is -2.33. The monoisotopic (exact) mass is 292 g/mol. The number of methoxy groups -OCH3 is 1. The predicted octanol–water partition coefficient (Wildman–Crippen LogP) is 0.796. The van der Waals surface area contributed by atoms with Gasteiger partial charge in [0.2, 0.25) is 0 Å². The minimum Gasteiger partial charge on any atom is -0.496 e. The summed E-state index contributed by atoms with van der Waals surface area (Å²) in [6, 6.07) is 5.68. The molecule has 1 aromatic rings. The van der Waals surface area contributed by atoms with E-state index in [1.54, 1.807) is 7.11 Å². The van der Waals surface area contributed by atoms with Crippen LogP contribution in [0, 0.1) is 6.92 Å². The Morgan fingerprint density at radius 2 is 1.90 bits per heavy atom. The Hall–Kier alpha value is -1.43. The van der Waals surface area contributed by atoms with Crippen molar-refractivity contribution >= 4 is 5.78 Å². The van der Waals surface area contributed by atoms with Gasteiger partial charge in [-0.2, -0.15) is 0 Å². The molecule has 21 heavy (non-hydrogen) atoms. The lowest BCUT2D eigenvalue weighted by molar-refractivity contribution is 0.0820. The molecule has 0 unspecified atom stereocenters. The molecule has 1 aliphatic heterocycles. The Morgan fingerprint density at radius 3 is 2.52 bits per heavy atom. The Balaban J connectivity index is 1.93. The molecule has 0 radical (unpaired) electrons. The first kappa shape index (κ1) is 15.9. The van der Waals surface area contributed by atoms with Gasteiger partial charge in [-0.15, -0.1) is 0 Å². The van der Waals surface area contributed by atoms with Crippen molar-refractivity contribution in [3.63, 3.8) is 0 Å². The zero-order chi connectivity index (χ0) is 15.2. The third-order valence-corrected chi connectivity index (χ3v) is 3.91. The van der Waals surface area contributed by atoms with Crippen LogP contribution in [0.1, 0.15) is 15.9 Å². The lowest BCUT2D eigenvalue weighted by atomic mass is 10.1. The number of ketones is 1. The molecule has 0 aliphatic carbocycles. The van der Waals surface area contributed by atoms with Crippen molar-refractivity contribution in [2.75, 3.05) is 53.0 Å². The van der Waals surface area contributed by atoms with E-state index in [1.165, 1.54) is 0 Å². The van der Waals surface area contributed by atoms with Crippen LogP contribution in [-0.4, -0.2) is 73.7 Å². The summed E-state index contributed by atoms with van der Waals surface area (Å²) in [4.78, 5) is 16.8. The molecule has 1 saturated heterocycles. The molecule has 1 heterocycles. The van der Waals surface area contributed by atoms with Crippen molar-refractivity contribution in [3.05, 3.63) is 29.3 Å². The molecule has 5 heteroatoms. The Bertz CT molecular complexity index is 482. The van der Waals surface area contributed by atoms with E-state index in [-0.39, 0.29) is 12.4 Å². The lowest BCUT2D eigenvalue weighted by Crippen LogP contribution is -2.48. The zero-order valence-corrected chi connectivity index (χ0v) is 12.8. The maximum atomic E-state index is 12.4. The normalized spacial score (nSPS) is 16.9. The molecule has 1 aliphatic rings. The van der Waals surface area contributed by atoms with Gasteiger partial charge < -0.3 is 9.84 Å². The summed E-state index contributed by atoms with van der Waals surface area (Å²) in [6.45, 7) is 6.84. The van der Waals surface area contributed by atoms with Gasteiger partial charge in [-0.05, 0) is 24.6 Å². The summed E-state index contributed by atoms with van der Waals surface area (Å²) in [6.07, 6.45) is 0. The van der Waals surface area contributed by atoms with E-state index in [4.69, 9.17) is 9.84 Å². The fraction of sp³-hybridized carbons (Fsp3) is 0.562. The SMILES string of the molecule is COc1cc(C)ccc1C(=O)CN1CCN(CCO)CC1. The third-order valence-electron chi connectivity index (χ3n) is 3.91. The fourth-order valence-corrected chi connectivity index (χ4v) is 2.63. The number of β-amino-alcohol motifs (C(OH)–C–C–N with tert-alkyl or cyclic N) is 1. The highest BCUT2D eigenvalue weighted by atomic mass is 16.5. The third kappa shape index (κ3) is 4.27. The molecule has 5 nitrogen and oxygen atoms in total. The first-order valence-electron chi connectivity index (χ1n) is 7.37. The number of aliphatic hydroxyl groups excluding tert-OH is 1. The topological polar surface area (TPSA) is 53.0 Å². The van der Waals surface area contributed by atoms with E-state index in [0.717, 1.165) is 31.7 Å². The van der Waals surface area contributed by atoms with Crippen LogP contribution in [0.5, 0.6) is 5.75 Å². The van der Waals surface area contributed by atoms with E-state index in [1.807, 2.05) is 25.1 Å². The highest BCUT2D eigenvalue weighted by molar-refractivity contribution is 6.00. The van der Waals surface area contributed by atoms with Crippen molar-refractivity contribution < 1.29 is 14.6 Å². The van der Waals surface area contributed by atoms with Crippen LogP contribution in [0.2, 0.25) is 0 Å². The number of Topliss-reactive ketones (excluding diaryl/α,β-unsaturated/α-hetero) is 1. The van der Waals surface area contributed by atoms with Crippen LogP contribution >= 0.6 is 0 Å². The van der Waals surface area contributed by atoms with Gasteiger partial charge in [0.25, 0.3) is 0 Å². The van der Waals surface area contributed by atoms with E-state index < -0.39 is 0 Å². The number of nitrogens with zero attached hydrogens (tertiary/aromatic N) is 2. The minimum atomic E-state index is 0.0995. The average Bonchev–Trinajstić information content (AvgIpc) is 2.49. The van der Waals surface area contributed by atoms with E-state index in [2.05, 4.69) is 9.80 Å². The number of ether oxygens (including phenoxy) is 1. The van der Waals surface area contributed by atoms with Gasteiger partial charge in [-0.1, -0.05) is 6.07 Å². The van der Waals surface area contributed by atoms with Crippen molar-refractivity contribution in [2.45, 2.75) is 6.92 Å².